The Kier molecular flexibility index (Phi) is 4.66. The van der Waals surface area contributed by atoms with Crippen molar-refractivity contribution in [2.75, 3.05) is 19.6 Å². The molecule has 16 heavy (non-hydrogen) atoms. The summed E-state index contributed by atoms with van der Waals surface area (Å²) in [6.45, 7) is 8.38. The lowest BCUT2D eigenvalue weighted by molar-refractivity contribution is 0.0691. The van der Waals surface area contributed by atoms with Crippen LogP contribution in [0.1, 0.15) is 52.4 Å². The molecule has 0 bridgehead atoms. The first kappa shape index (κ1) is 12.4. The largest absolute Gasteiger partial charge is 0.314 e. The lowest BCUT2D eigenvalue weighted by Gasteiger charge is -2.44. The van der Waals surface area contributed by atoms with E-state index in [0.29, 0.717) is 0 Å². The highest BCUT2D eigenvalue weighted by Crippen LogP contribution is 2.30. The Morgan fingerprint density at radius 1 is 1.06 bits per heavy atom. The predicted molar refractivity (Wildman–Crippen MR) is 69.7 cm³/mol. The molecule has 1 N–H and O–H groups in total. The summed E-state index contributed by atoms with van der Waals surface area (Å²) < 4.78 is 0. The Morgan fingerprint density at radius 2 is 1.81 bits per heavy atom. The molecule has 1 unspecified atom stereocenters. The van der Waals surface area contributed by atoms with E-state index in [1.165, 1.54) is 58.2 Å². The third kappa shape index (κ3) is 2.78. The van der Waals surface area contributed by atoms with Crippen LogP contribution in [0.4, 0.5) is 0 Å². The molecule has 1 aliphatic carbocycles. The Morgan fingerprint density at radius 3 is 2.44 bits per heavy atom. The highest BCUT2D eigenvalue weighted by Gasteiger charge is 2.30. The summed E-state index contributed by atoms with van der Waals surface area (Å²) in [5, 5.41) is 3.53. The van der Waals surface area contributed by atoms with Crippen molar-refractivity contribution >= 4 is 0 Å². The zero-order chi connectivity index (χ0) is 11.4. The van der Waals surface area contributed by atoms with Crippen molar-refractivity contribution in [2.45, 2.75) is 64.5 Å². The minimum atomic E-state index is 0.803. The van der Waals surface area contributed by atoms with Crippen LogP contribution in [0.2, 0.25) is 0 Å². The Bertz CT molecular complexity index is 197. The van der Waals surface area contributed by atoms with Gasteiger partial charge < -0.3 is 5.32 Å². The third-order valence-corrected chi connectivity index (χ3v) is 4.73. The molecular formula is C14H28N2. The van der Waals surface area contributed by atoms with Crippen LogP contribution in [0.5, 0.6) is 0 Å². The van der Waals surface area contributed by atoms with E-state index >= 15 is 0 Å². The van der Waals surface area contributed by atoms with Crippen molar-refractivity contribution in [1.29, 1.82) is 0 Å². The Balaban J connectivity index is 1.86. The van der Waals surface area contributed by atoms with Crippen molar-refractivity contribution in [2.24, 2.45) is 5.92 Å². The van der Waals surface area contributed by atoms with E-state index in [1.54, 1.807) is 0 Å². The quantitative estimate of drug-likeness (QED) is 0.793. The van der Waals surface area contributed by atoms with Crippen LogP contribution in [-0.4, -0.2) is 36.6 Å². The second-order valence-corrected chi connectivity index (χ2v) is 5.59. The molecule has 1 heterocycles. The number of rotatable bonds is 3. The summed E-state index contributed by atoms with van der Waals surface area (Å²) in [6, 6.07) is 1.70. The van der Waals surface area contributed by atoms with Crippen LogP contribution >= 0.6 is 0 Å². The molecule has 0 aromatic carbocycles. The van der Waals surface area contributed by atoms with Crippen LogP contribution < -0.4 is 5.32 Å². The molecule has 0 aromatic heterocycles. The fourth-order valence-electron chi connectivity index (χ4n) is 3.52. The molecule has 0 amide bonds. The van der Waals surface area contributed by atoms with Gasteiger partial charge in [0.25, 0.3) is 0 Å². The van der Waals surface area contributed by atoms with Gasteiger partial charge in [-0.25, -0.2) is 0 Å². The lowest BCUT2D eigenvalue weighted by Crippen LogP contribution is -2.55. The highest BCUT2D eigenvalue weighted by molar-refractivity contribution is 4.87. The van der Waals surface area contributed by atoms with Crippen LogP contribution in [0.3, 0.4) is 0 Å². The molecule has 1 atom stereocenters. The minimum Gasteiger partial charge on any atom is -0.314 e. The Hall–Kier alpha value is -0.0800. The lowest BCUT2D eigenvalue weighted by atomic mass is 9.83. The molecular weight excluding hydrogens is 196 g/mol. The van der Waals surface area contributed by atoms with Gasteiger partial charge in [-0.05, 0) is 38.0 Å². The fourth-order valence-corrected chi connectivity index (χ4v) is 3.52. The van der Waals surface area contributed by atoms with Crippen LogP contribution in [0.15, 0.2) is 0 Å². The van der Waals surface area contributed by atoms with Crippen molar-refractivity contribution < 1.29 is 0 Å². The first-order valence-corrected chi connectivity index (χ1v) is 7.31. The fraction of sp³-hybridized carbons (Fsp3) is 1.00. The second kappa shape index (κ2) is 6.02. The van der Waals surface area contributed by atoms with Crippen LogP contribution in [0, 0.1) is 5.92 Å². The number of nitrogens with one attached hydrogen (secondary N) is 1. The van der Waals surface area contributed by atoms with Crippen LogP contribution in [0.25, 0.3) is 0 Å². The van der Waals surface area contributed by atoms with E-state index < -0.39 is 0 Å². The summed E-state index contributed by atoms with van der Waals surface area (Å²) in [5.74, 6) is 1.03. The molecule has 2 rings (SSSR count). The standard InChI is InChI=1S/C14H28N2/c1-3-12-5-7-14(8-6-12)16-10-9-15-11-13(16)4-2/h12-15H,3-11H2,1-2H3. The topological polar surface area (TPSA) is 15.3 Å². The van der Waals surface area contributed by atoms with E-state index in [4.69, 9.17) is 0 Å². The maximum Gasteiger partial charge on any atom is 0.0221 e. The number of hydrogen-bond acceptors (Lipinski definition) is 2. The molecule has 0 aromatic rings. The molecule has 1 saturated carbocycles. The van der Waals surface area contributed by atoms with Gasteiger partial charge in [0.1, 0.15) is 0 Å². The molecule has 1 aliphatic heterocycles. The average molecular weight is 224 g/mol. The molecule has 2 aliphatic rings. The second-order valence-electron chi connectivity index (χ2n) is 5.59. The molecule has 0 radical (unpaired) electrons. The maximum absolute atomic E-state index is 3.53. The monoisotopic (exact) mass is 224 g/mol. The molecule has 2 fully saturated rings. The van der Waals surface area contributed by atoms with E-state index in [0.717, 1.165) is 18.0 Å². The third-order valence-electron chi connectivity index (χ3n) is 4.73. The van der Waals surface area contributed by atoms with Crippen molar-refractivity contribution in [1.82, 2.24) is 10.2 Å². The van der Waals surface area contributed by atoms with E-state index in [9.17, 15) is 0 Å². The molecule has 2 heteroatoms. The van der Waals surface area contributed by atoms with Crippen LogP contribution in [-0.2, 0) is 0 Å². The van der Waals surface area contributed by atoms with Gasteiger partial charge >= 0.3 is 0 Å². The summed E-state index contributed by atoms with van der Waals surface area (Å²) in [5.41, 5.74) is 0. The molecule has 1 saturated heterocycles. The van der Waals surface area contributed by atoms with Gasteiger partial charge in [-0.15, -0.1) is 0 Å². The predicted octanol–water partition coefficient (Wildman–Crippen LogP) is 2.64. The van der Waals surface area contributed by atoms with Crippen molar-refractivity contribution in [3.8, 4) is 0 Å². The van der Waals surface area contributed by atoms with Gasteiger partial charge in [-0.2, -0.15) is 0 Å². The average Bonchev–Trinajstić information content (AvgIpc) is 2.39. The number of hydrogen-bond donors (Lipinski definition) is 1. The molecule has 94 valence electrons. The van der Waals surface area contributed by atoms with E-state index in [1.807, 2.05) is 0 Å². The first-order chi connectivity index (χ1) is 7.85. The van der Waals surface area contributed by atoms with Gasteiger partial charge in [-0.1, -0.05) is 20.3 Å². The molecule has 2 nitrogen and oxygen atoms in total. The van der Waals surface area contributed by atoms with Gasteiger partial charge in [0.2, 0.25) is 0 Å². The van der Waals surface area contributed by atoms with Gasteiger partial charge in [0, 0.05) is 31.7 Å². The van der Waals surface area contributed by atoms with Crippen molar-refractivity contribution in [3.05, 3.63) is 0 Å². The summed E-state index contributed by atoms with van der Waals surface area (Å²) in [4.78, 5) is 2.81. The van der Waals surface area contributed by atoms with Gasteiger partial charge in [-0.3, -0.25) is 4.90 Å². The zero-order valence-electron chi connectivity index (χ0n) is 11.0. The van der Waals surface area contributed by atoms with Gasteiger partial charge in [0.15, 0.2) is 0 Å². The number of nitrogens with zero attached hydrogens (tertiary/aromatic N) is 1. The normalized spacial score (nSPS) is 37.5. The SMILES string of the molecule is CCC1CCC(N2CCNCC2CC)CC1. The first-order valence-electron chi connectivity index (χ1n) is 7.31. The smallest absolute Gasteiger partial charge is 0.0221 e. The Labute approximate surface area is 101 Å². The summed E-state index contributed by atoms with van der Waals surface area (Å²) >= 11 is 0. The zero-order valence-corrected chi connectivity index (χ0v) is 11.0. The van der Waals surface area contributed by atoms with Gasteiger partial charge in [0.05, 0.1) is 0 Å². The minimum absolute atomic E-state index is 0.803. The van der Waals surface area contributed by atoms with E-state index in [2.05, 4.69) is 24.1 Å². The summed E-state index contributed by atoms with van der Waals surface area (Å²) in [6.07, 6.45) is 8.55. The maximum atomic E-state index is 3.53. The number of piperazine rings is 1. The molecule has 0 spiro atoms. The summed E-state index contributed by atoms with van der Waals surface area (Å²) in [7, 11) is 0. The van der Waals surface area contributed by atoms with E-state index in [-0.39, 0.29) is 0 Å². The van der Waals surface area contributed by atoms with Crippen molar-refractivity contribution in [3.63, 3.8) is 0 Å². The highest BCUT2D eigenvalue weighted by atomic mass is 15.2.